The van der Waals surface area contributed by atoms with E-state index in [0.717, 1.165) is 0 Å². The number of carbonyl (C=O) groups is 1. The highest BCUT2D eigenvalue weighted by atomic mass is 16.8. The molecule has 0 aliphatic carbocycles. The number of ketones is 1. The quantitative estimate of drug-likeness (QED) is 0.387. The maximum atomic E-state index is 12.2. The second-order valence-electron chi connectivity index (χ2n) is 4.29. The highest BCUT2D eigenvalue weighted by Gasteiger charge is 2.11. The summed E-state index contributed by atoms with van der Waals surface area (Å²) < 4.78 is 0. The second-order valence-corrected chi connectivity index (χ2v) is 4.29. The third-order valence-corrected chi connectivity index (χ3v) is 2.87. The highest BCUT2D eigenvalue weighted by Crippen LogP contribution is 2.13. The Balaban J connectivity index is 2.29. The zero-order valence-corrected chi connectivity index (χ0v) is 11.0. The lowest BCUT2D eigenvalue weighted by Gasteiger charge is -2.10. The second kappa shape index (κ2) is 6.59. The molecule has 0 aromatic heterocycles. The van der Waals surface area contributed by atoms with Crippen LogP contribution in [0.15, 0.2) is 60.2 Å². The predicted molar refractivity (Wildman–Crippen MR) is 76.6 cm³/mol. The largest absolute Gasteiger partial charge is 0.595 e. The minimum absolute atomic E-state index is 0.00396. The van der Waals surface area contributed by atoms with Gasteiger partial charge in [-0.15, -0.1) is 0 Å². The van der Waals surface area contributed by atoms with Crippen molar-refractivity contribution in [3.05, 3.63) is 76.5 Å². The van der Waals surface area contributed by atoms with E-state index in [0.29, 0.717) is 11.1 Å². The topological polar surface area (TPSA) is 88.6 Å². The van der Waals surface area contributed by atoms with Crippen LogP contribution in [0.1, 0.15) is 15.9 Å². The van der Waals surface area contributed by atoms with Crippen molar-refractivity contribution in [1.82, 2.24) is 0 Å². The number of benzene rings is 2. The molecule has 1 unspecified atom stereocenters. The van der Waals surface area contributed by atoms with Gasteiger partial charge in [0.25, 0.3) is 0 Å². The molecule has 0 heterocycles. The molecule has 0 spiro atoms. The van der Waals surface area contributed by atoms with Crippen molar-refractivity contribution < 1.29 is 15.2 Å². The molecule has 5 nitrogen and oxygen atoms in total. The van der Waals surface area contributed by atoms with Gasteiger partial charge in [-0.05, 0) is 23.8 Å². The maximum Gasteiger partial charge on any atom is 0.203 e. The first-order chi connectivity index (χ1) is 10.1. The van der Waals surface area contributed by atoms with Gasteiger partial charge in [-0.2, -0.15) is 10.5 Å². The monoisotopic (exact) mass is 280 g/mol. The fourth-order valence-electron chi connectivity index (χ4n) is 1.78. The van der Waals surface area contributed by atoms with Gasteiger partial charge >= 0.3 is 0 Å². The van der Waals surface area contributed by atoms with E-state index in [1.807, 2.05) is 6.07 Å². The van der Waals surface area contributed by atoms with Crippen molar-refractivity contribution in [2.45, 2.75) is 0 Å². The Morgan fingerprint density at radius 2 is 1.76 bits per heavy atom. The first-order valence-corrected chi connectivity index (χ1v) is 6.16. The average molecular weight is 280 g/mol. The average Bonchev–Trinajstić information content (AvgIpc) is 2.53. The highest BCUT2D eigenvalue weighted by molar-refractivity contribution is 6.14. The van der Waals surface area contributed by atoms with Crippen LogP contribution in [0.3, 0.4) is 0 Å². The molecular formula is C16H12N2O3. The third-order valence-electron chi connectivity index (χ3n) is 2.87. The smallest absolute Gasteiger partial charge is 0.203 e. The van der Waals surface area contributed by atoms with E-state index in [-0.39, 0.29) is 17.0 Å². The maximum absolute atomic E-state index is 12.2. The minimum atomic E-state index is -1.02. The van der Waals surface area contributed by atoms with Crippen LogP contribution in [0.25, 0.3) is 6.08 Å². The molecule has 2 aromatic carbocycles. The summed E-state index contributed by atoms with van der Waals surface area (Å²) in [6.45, 7) is 0. The van der Waals surface area contributed by atoms with Crippen molar-refractivity contribution in [1.29, 1.82) is 5.26 Å². The number of quaternary nitrogens is 1. The van der Waals surface area contributed by atoms with E-state index in [1.165, 1.54) is 18.2 Å². The summed E-state index contributed by atoms with van der Waals surface area (Å²) in [4.78, 5) is 12.2. The van der Waals surface area contributed by atoms with Gasteiger partial charge in [0, 0.05) is 17.7 Å². The summed E-state index contributed by atoms with van der Waals surface area (Å²) >= 11 is 0. The van der Waals surface area contributed by atoms with Crippen LogP contribution < -0.4 is 5.23 Å². The molecule has 0 bridgehead atoms. The van der Waals surface area contributed by atoms with E-state index >= 15 is 0 Å². The molecule has 0 aliphatic heterocycles. The summed E-state index contributed by atoms with van der Waals surface area (Å²) in [5, 5.41) is 27.7. The van der Waals surface area contributed by atoms with Crippen molar-refractivity contribution in [2.24, 2.45) is 0 Å². The lowest BCUT2D eigenvalue weighted by molar-refractivity contribution is -0.991. The lowest BCUT2D eigenvalue weighted by atomic mass is 10.0. The van der Waals surface area contributed by atoms with Crippen LogP contribution in [-0.2, 0) is 0 Å². The zero-order chi connectivity index (χ0) is 15.2. The third kappa shape index (κ3) is 3.61. The Hall–Kier alpha value is -2.78. The van der Waals surface area contributed by atoms with Crippen molar-refractivity contribution in [2.75, 3.05) is 0 Å². The fraction of sp³-hybridized carbons (Fsp3) is 0. The molecule has 0 amide bonds. The number of hydrogen-bond donors (Lipinski definition) is 2. The van der Waals surface area contributed by atoms with Crippen LogP contribution in [0.4, 0.5) is 5.69 Å². The molecule has 1 atom stereocenters. The van der Waals surface area contributed by atoms with Crippen LogP contribution >= 0.6 is 0 Å². The van der Waals surface area contributed by atoms with Crippen LogP contribution in [0.2, 0.25) is 0 Å². The van der Waals surface area contributed by atoms with Gasteiger partial charge in [-0.3, -0.25) is 4.79 Å². The van der Waals surface area contributed by atoms with Gasteiger partial charge in [0.05, 0.1) is 0 Å². The molecule has 2 aromatic rings. The number of Topliss-reactive ketones (excluding diaryl/α,β-unsaturated/α-hetero) is 1. The SMILES string of the molecule is N#C/C(=C\c1ccc([NH+]([O-])O)cc1)C(=O)c1ccccc1. The number of hydrogen-bond acceptors (Lipinski definition) is 4. The minimum Gasteiger partial charge on any atom is -0.595 e. The standard InChI is InChI=1S/C16H12N2O3/c17-11-14(16(19)13-4-2-1-3-5-13)10-12-6-8-15(9-7-12)18(20)21/h1-10,18,20H/b14-10+. The van der Waals surface area contributed by atoms with Crippen molar-refractivity contribution in [3.8, 4) is 6.07 Å². The summed E-state index contributed by atoms with van der Waals surface area (Å²) in [5.74, 6) is -0.361. The molecular weight excluding hydrogens is 268 g/mol. The first kappa shape index (κ1) is 14.6. The zero-order valence-electron chi connectivity index (χ0n) is 11.0. The van der Waals surface area contributed by atoms with Crippen LogP contribution in [0, 0.1) is 16.5 Å². The molecule has 5 heteroatoms. The molecule has 0 radical (unpaired) electrons. The number of carbonyl (C=O) groups excluding carboxylic acids is 1. The van der Waals surface area contributed by atoms with Crippen LogP contribution in [-0.4, -0.2) is 11.0 Å². The molecule has 0 aliphatic rings. The molecule has 0 saturated carbocycles. The summed E-state index contributed by atoms with van der Waals surface area (Å²) in [6.07, 6.45) is 1.45. The normalized spacial score (nSPS) is 12.5. The van der Waals surface area contributed by atoms with Gasteiger partial charge < -0.3 is 5.21 Å². The fourth-order valence-corrected chi connectivity index (χ4v) is 1.78. The van der Waals surface area contributed by atoms with Gasteiger partial charge in [0.2, 0.25) is 5.78 Å². The number of rotatable bonds is 4. The van der Waals surface area contributed by atoms with Gasteiger partial charge in [-0.1, -0.05) is 30.3 Å². The number of allylic oxidation sites excluding steroid dienone is 1. The van der Waals surface area contributed by atoms with Gasteiger partial charge in [-0.25, -0.2) is 5.21 Å². The summed E-state index contributed by atoms with van der Waals surface area (Å²) in [5.41, 5.74) is 1.19. The lowest BCUT2D eigenvalue weighted by Crippen LogP contribution is -2.99. The first-order valence-electron chi connectivity index (χ1n) is 6.16. The molecule has 104 valence electrons. The molecule has 0 saturated heterocycles. The van der Waals surface area contributed by atoms with Crippen molar-refractivity contribution >= 4 is 17.5 Å². The van der Waals surface area contributed by atoms with E-state index in [1.54, 1.807) is 42.5 Å². The Morgan fingerprint density at radius 3 is 2.29 bits per heavy atom. The Labute approximate surface area is 121 Å². The Bertz CT molecular complexity index is 699. The number of nitrogens with one attached hydrogen (secondary N) is 1. The van der Waals surface area contributed by atoms with E-state index < -0.39 is 5.23 Å². The van der Waals surface area contributed by atoms with E-state index in [9.17, 15) is 10.0 Å². The van der Waals surface area contributed by atoms with E-state index in [2.05, 4.69) is 0 Å². The summed E-state index contributed by atoms with van der Waals surface area (Å²) in [6, 6.07) is 16.4. The molecule has 21 heavy (non-hydrogen) atoms. The Kier molecular flexibility index (Phi) is 4.59. The Morgan fingerprint density at radius 1 is 1.14 bits per heavy atom. The van der Waals surface area contributed by atoms with E-state index in [4.69, 9.17) is 10.5 Å². The number of nitriles is 1. The van der Waals surface area contributed by atoms with Gasteiger partial charge in [0.15, 0.2) is 5.69 Å². The van der Waals surface area contributed by atoms with Gasteiger partial charge in [0.1, 0.15) is 11.6 Å². The molecule has 2 N–H and O–H groups in total. The summed E-state index contributed by atoms with van der Waals surface area (Å²) in [7, 11) is 0. The molecule has 0 fully saturated rings. The molecule has 2 rings (SSSR count). The predicted octanol–water partition coefficient (Wildman–Crippen LogP) is 1.88. The van der Waals surface area contributed by atoms with Crippen molar-refractivity contribution in [3.63, 3.8) is 0 Å². The number of nitrogens with zero attached hydrogens (tertiary/aromatic N) is 1. The van der Waals surface area contributed by atoms with Crippen LogP contribution in [0.5, 0.6) is 0 Å².